The highest BCUT2D eigenvalue weighted by atomic mass is 16.1. The molecule has 0 saturated carbocycles. The van der Waals surface area contributed by atoms with Gasteiger partial charge in [0.1, 0.15) is 12.2 Å². The first-order valence-corrected chi connectivity index (χ1v) is 7.70. The Hall–Kier alpha value is -2.76. The standard InChI is InChI=1S/C17H19N5O/c1-3-22-11-19-21-16(22)8-9-18-17(23)14-10-13-6-4-5-7-15(13)20-12(14)2/h4-7,10-11H,3,8-9H2,1-2H3,(H,18,23). The van der Waals surface area contributed by atoms with E-state index in [-0.39, 0.29) is 5.91 Å². The molecule has 3 rings (SSSR count). The molecule has 1 N–H and O–H groups in total. The van der Waals surface area contributed by atoms with Gasteiger partial charge in [0, 0.05) is 24.9 Å². The van der Waals surface area contributed by atoms with E-state index in [0.29, 0.717) is 18.5 Å². The molecule has 6 nitrogen and oxygen atoms in total. The molecular weight excluding hydrogens is 290 g/mol. The van der Waals surface area contributed by atoms with Crippen LogP contribution in [0.25, 0.3) is 10.9 Å². The number of aryl methyl sites for hydroxylation is 2. The summed E-state index contributed by atoms with van der Waals surface area (Å²) >= 11 is 0. The normalized spacial score (nSPS) is 10.9. The SMILES string of the molecule is CCn1cnnc1CCNC(=O)c1cc2ccccc2nc1C. The minimum atomic E-state index is -0.108. The molecule has 0 saturated heterocycles. The fourth-order valence-corrected chi connectivity index (χ4v) is 2.56. The number of rotatable bonds is 5. The number of hydrogen-bond acceptors (Lipinski definition) is 4. The fourth-order valence-electron chi connectivity index (χ4n) is 2.56. The topological polar surface area (TPSA) is 72.7 Å². The average Bonchev–Trinajstić information content (AvgIpc) is 3.01. The van der Waals surface area contributed by atoms with Crippen LogP contribution in [0.1, 0.15) is 28.8 Å². The summed E-state index contributed by atoms with van der Waals surface area (Å²) < 4.78 is 1.97. The maximum absolute atomic E-state index is 12.4. The molecule has 3 aromatic rings. The summed E-state index contributed by atoms with van der Waals surface area (Å²) in [4.78, 5) is 16.9. The van der Waals surface area contributed by atoms with Gasteiger partial charge in [-0.25, -0.2) is 0 Å². The zero-order valence-electron chi connectivity index (χ0n) is 13.3. The van der Waals surface area contributed by atoms with Gasteiger partial charge in [-0.15, -0.1) is 10.2 Å². The fraction of sp³-hybridized carbons (Fsp3) is 0.294. The molecule has 0 radical (unpaired) electrons. The summed E-state index contributed by atoms with van der Waals surface area (Å²) in [7, 11) is 0. The molecule has 0 atom stereocenters. The number of pyridine rings is 1. The molecular formula is C17H19N5O. The number of carbonyl (C=O) groups is 1. The molecule has 0 aliphatic carbocycles. The summed E-state index contributed by atoms with van der Waals surface area (Å²) in [5, 5.41) is 11.9. The highest BCUT2D eigenvalue weighted by Crippen LogP contribution is 2.16. The Morgan fingerprint density at radius 2 is 2.13 bits per heavy atom. The third kappa shape index (κ3) is 3.21. The Morgan fingerprint density at radius 3 is 2.96 bits per heavy atom. The number of nitrogens with zero attached hydrogens (tertiary/aromatic N) is 4. The van der Waals surface area contributed by atoms with Crippen LogP contribution < -0.4 is 5.32 Å². The molecule has 0 unspecified atom stereocenters. The third-order valence-corrected chi connectivity index (χ3v) is 3.83. The molecule has 0 aliphatic heterocycles. The van der Waals surface area contributed by atoms with Crippen LogP contribution in [0.3, 0.4) is 0 Å². The number of benzene rings is 1. The van der Waals surface area contributed by atoms with Gasteiger partial charge in [0.2, 0.25) is 0 Å². The smallest absolute Gasteiger partial charge is 0.253 e. The lowest BCUT2D eigenvalue weighted by Gasteiger charge is -2.09. The quantitative estimate of drug-likeness (QED) is 0.783. The van der Waals surface area contributed by atoms with Crippen LogP contribution >= 0.6 is 0 Å². The van der Waals surface area contributed by atoms with Crippen LogP contribution in [0.15, 0.2) is 36.7 Å². The van der Waals surface area contributed by atoms with E-state index in [9.17, 15) is 4.79 Å². The van der Waals surface area contributed by atoms with Gasteiger partial charge in [0.05, 0.1) is 16.8 Å². The molecule has 23 heavy (non-hydrogen) atoms. The maximum Gasteiger partial charge on any atom is 0.253 e. The highest BCUT2D eigenvalue weighted by Gasteiger charge is 2.11. The van der Waals surface area contributed by atoms with Gasteiger partial charge in [0.15, 0.2) is 0 Å². The molecule has 0 fully saturated rings. The lowest BCUT2D eigenvalue weighted by molar-refractivity contribution is 0.0953. The van der Waals surface area contributed by atoms with Crippen LogP contribution in [0.4, 0.5) is 0 Å². The second-order valence-electron chi connectivity index (χ2n) is 5.35. The molecule has 2 aromatic heterocycles. The Labute approximate surface area is 134 Å². The van der Waals surface area contributed by atoms with Crippen LogP contribution in [-0.2, 0) is 13.0 Å². The van der Waals surface area contributed by atoms with Crippen molar-refractivity contribution in [1.82, 2.24) is 25.1 Å². The second kappa shape index (κ2) is 6.56. The van der Waals surface area contributed by atoms with Crippen molar-refractivity contribution in [2.24, 2.45) is 0 Å². The zero-order valence-corrected chi connectivity index (χ0v) is 13.3. The molecule has 0 spiro atoms. The minimum Gasteiger partial charge on any atom is -0.352 e. The second-order valence-corrected chi connectivity index (χ2v) is 5.35. The molecule has 1 amide bonds. The molecule has 1 aromatic carbocycles. The lowest BCUT2D eigenvalue weighted by atomic mass is 10.1. The Morgan fingerprint density at radius 1 is 1.30 bits per heavy atom. The molecule has 0 bridgehead atoms. The number of nitrogens with one attached hydrogen (secondary N) is 1. The van der Waals surface area contributed by atoms with Crippen molar-refractivity contribution in [3.8, 4) is 0 Å². The van der Waals surface area contributed by atoms with Crippen molar-refractivity contribution in [2.45, 2.75) is 26.8 Å². The number of carbonyl (C=O) groups excluding carboxylic acids is 1. The van der Waals surface area contributed by atoms with Crippen LogP contribution in [-0.4, -0.2) is 32.2 Å². The summed E-state index contributed by atoms with van der Waals surface area (Å²) in [5.74, 6) is 0.768. The van der Waals surface area contributed by atoms with E-state index in [1.54, 1.807) is 6.33 Å². The van der Waals surface area contributed by atoms with E-state index in [4.69, 9.17) is 0 Å². The minimum absolute atomic E-state index is 0.108. The first-order valence-electron chi connectivity index (χ1n) is 7.70. The Balaban J connectivity index is 1.70. The predicted octanol–water partition coefficient (Wildman–Crippen LogP) is 2.13. The van der Waals surface area contributed by atoms with Gasteiger partial charge in [-0.2, -0.15) is 0 Å². The van der Waals surface area contributed by atoms with Crippen molar-refractivity contribution < 1.29 is 4.79 Å². The Bertz CT molecular complexity index is 840. The summed E-state index contributed by atoms with van der Waals surface area (Å²) in [6.07, 6.45) is 2.36. The average molecular weight is 309 g/mol. The predicted molar refractivity (Wildman–Crippen MR) is 88.2 cm³/mol. The van der Waals surface area contributed by atoms with Crippen molar-refractivity contribution >= 4 is 16.8 Å². The van der Waals surface area contributed by atoms with E-state index >= 15 is 0 Å². The number of fused-ring (bicyclic) bond motifs is 1. The zero-order chi connectivity index (χ0) is 16.2. The van der Waals surface area contributed by atoms with E-state index < -0.39 is 0 Å². The number of hydrogen-bond donors (Lipinski definition) is 1. The molecule has 0 aliphatic rings. The first kappa shape index (κ1) is 15.1. The Kier molecular flexibility index (Phi) is 4.32. The molecule has 6 heteroatoms. The van der Waals surface area contributed by atoms with E-state index in [0.717, 1.165) is 29.0 Å². The molecule has 2 heterocycles. The van der Waals surface area contributed by atoms with Crippen molar-refractivity contribution in [3.63, 3.8) is 0 Å². The van der Waals surface area contributed by atoms with Gasteiger partial charge in [-0.3, -0.25) is 9.78 Å². The van der Waals surface area contributed by atoms with E-state index in [2.05, 4.69) is 20.5 Å². The maximum atomic E-state index is 12.4. The van der Waals surface area contributed by atoms with Gasteiger partial charge in [-0.05, 0) is 26.0 Å². The summed E-state index contributed by atoms with van der Waals surface area (Å²) in [6.45, 7) is 5.23. The largest absolute Gasteiger partial charge is 0.352 e. The number of aromatic nitrogens is 4. The summed E-state index contributed by atoms with van der Waals surface area (Å²) in [5.41, 5.74) is 2.25. The lowest BCUT2D eigenvalue weighted by Crippen LogP contribution is -2.27. The van der Waals surface area contributed by atoms with Gasteiger partial charge < -0.3 is 9.88 Å². The third-order valence-electron chi connectivity index (χ3n) is 3.83. The number of para-hydroxylation sites is 1. The van der Waals surface area contributed by atoms with Crippen LogP contribution in [0.2, 0.25) is 0 Å². The van der Waals surface area contributed by atoms with Crippen molar-refractivity contribution in [1.29, 1.82) is 0 Å². The van der Waals surface area contributed by atoms with Crippen molar-refractivity contribution in [3.05, 3.63) is 53.7 Å². The summed E-state index contributed by atoms with van der Waals surface area (Å²) in [6, 6.07) is 9.68. The van der Waals surface area contributed by atoms with Gasteiger partial charge >= 0.3 is 0 Å². The van der Waals surface area contributed by atoms with Gasteiger partial charge in [0.25, 0.3) is 5.91 Å². The van der Waals surface area contributed by atoms with E-state index in [1.165, 1.54) is 0 Å². The van der Waals surface area contributed by atoms with Crippen LogP contribution in [0.5, 0.6) is 0 Å². The highest BCUT2D eigenvalue weighted by molar-refractivity contribution is 5.98. The van der Waals surface area contributed by atoms with Gasteiger partial charge in [-0.1, -0.05) is 18.2 Å². The number of amides is 1. The van der Waals surface area contributed by atoms with Crippen LogP contribution in [0, 0.1) is 6.92 Å². The molecule has 118 valence electrons. The monoisotopic (exact) mass is 309 g/mol. The van der Waals surface area contributed by atoms with Crippen molar-refractivity contribution in [2.75, 3.05) is 6.54 Å². The van der Waals surface area contributed by atoms with E-state index in [1.807, 2.05) is 48.7 Å². The first-order chi connectivity index (χ1) is 11.2.